The molecule has 0 bridgehead atoms. The van der Waals surface area contributed by atoms with E-state index in [9.17, 15) is 9.59 Å². The average molecular weight is 254 g/mol. The molecule has 2 rings (SSSR count). The molecular formula is C10H14N4O2S. The lowest BCUT2D eigenvalue weighted by atomic mass is 9.82. The Morgan fingerprint density at radius 1 is 1.29 bits per heavy atom. The number of nitrogen functional groups attached to an aromatic ring is 1. The van der Waals surface area contributed by atoms with Gasteiger partial charge in [0.25, 0.3) is 0 Å². The summed E-state index contributed by atoms with van der Waals surface area (Å²) in [7, 11) is 0. The first-order valence-electron chi connectivity index (χ1n) is 5.28. The Morgan fingerprint density at radius 3 is 2.35 bits per heavy atom. The highest BCUT2D eigenvalue weighted by Crippen LogP contribution is 2.32. The van der Waals surface area contributed by atoms with E-state index in [0.717, 1.165) is 0 Å². The molecule has 1 fully saturated rings. The predicted molar refractivity (Wildman–Crippen MR) is 62.9 cm³/mol. The lowest BCUT2D eigenvalue weighted by molar-refractivity contribution is -0.153. The second-order valence-corrected chi connectivity index (χ2v) is 6.02. The molecule has 0 aromatic carbocycles. The van der Waals surface area contributed by atoms with Crippen LogP contribution in [0.4, 0.5) is 5.13 Å². The summed E-state index contributed by atoms with van der Waals surface area (Å²) in [5, 5.41) is 8.40. The van der Waals surface area contributed by atoms with E-state index in [1.807, 2.05) is 13.8 Å². The van der Waals surface area contributed by atoms with E-state index in [-0.39, 0.29) is 23.8 Å². The van der Waals surface area contributed by atoms with Gasteiger partial charge >= 0.3 is 0 Å². The van der Waals surface area contributed by atoms with Crippen LogP contribution in [0.25, 0.3) is 0 Å². The summed E-state index contributed by atoms with van der Waals surface area (Å²) in [6.07, 6.45) is 0.764. The standard InChI is InChI=1S/C10H14N4O2S/c1-10(2)3-7(15)14(8(16)4-10)5-6-12-13-9(11)17-6/h3-5H2,1-2H3,(H2,11,13). The first-order chi connectivity index (χ1) is 7.87. The van der Waals surface area contributed by atoms with Crippen molar-refractivity contribution in [3.05, 3.63) is 5.01 Å². The van der Waals surface area contributed by atoms with Crippen molar-refractivity contribution in [1.82, 2.24) is 15.1 Å². The summed E-state index contributed by atoms with van der Waals surface area (Å²) in [6.45, 7) is 4.02. The quantitative estimate of drug-likeness (QED) is 0.788. The number of hydrogen-bond donors (Lipinski definition) is 1. The largest absolute Gasteiger partial charge is 0.374 e. The maximum absolute atomic E-state index is 11.9. The Balaban J connectivity index is 2.11. The maximum atomic E-state index is 11.9. The van der Waals surface area contributed by atoms with Gasteiger partial charge in [0, 0.05) is 12.8 Å². The summed E-state index contributed by atoms with van der Waals surface area (Å²) >= 11 is 1.19. The number of likely N-dealkylation sites (tertiary alicyclic amines) is 1. The molecule has 2 heterocycles. The van der Waals surface area contributed by atoms with Crippen LogP contribution in [0, 0.1) is 5.41 Å². The number of nitrogens with two attached hydrogens (primary N) is 1. The number of rotatable bonds is 2. The monoisotopic (exact) mass is 254 g/mol. The molecule has 0 atom stereocenters. The average Bonchev–Trinajstić information content (AvgIpc) is 2.56. The minimum Gasteiger partial charge on any atom is -0.374 e. The summed E-state index contributed by atoms with van der Waals surface area (Å²) in [5.41, 5.74) is 5.21. The van der Waals surface area contributed by atoms with E-state index in [2.05, 4.69) is 10.2 Å². The van der Waals surface area contributed by atoms with Crippen LogP contribution in [-0.4, -0.2) is 26.9 Å². The van der Waals surface area contributed by atoms with Crippen molar-refractivity contribution in [1.29, 1.82) is 0 Å². The first-order valence-corrected chi connectivity index (χ1v) is 6.10. The highest BCUT2D eigenvalue weighted by Gasteiger charge is 2.37. The van der Waals surface area contributed by atoms with Crippen LogP contribution in [0.1, 0.15) is 31.7 Å². The van der Waals surface area contributed by atoms with Crippen LogP contribution >= 0.6 is 11.3 Å². The van der Waals surface area contributed by atoms with Crippen LogP contribution in [-0.2, 0) is 16.1 Å². The fourth-order valence-corrected chi connectivity index (χ4v) is 2.45. The van der Waals surface area contributed by atoms with E-state index >= 15 is 0 Å². The normalized spacial score (nSPS) is 19.8. The second kappa shape index (κ2) is 4.06. The lowest BCUT2D eigenvalue weighted by Crippen LogP contribution is -2.45. The molecule has 1 aromatic rings. The number of nitrogens with zero attached hydrogens (tertiary/aromatic N) is 3. The third-order valence-corrected chi connectivity index (χ3v) is 3.37. The second-order valence-electron chi connectivity index (χ2n) is 4.93. The van der Waals surface area contributed by atoms with Crippen molar-refractivity contribution in [3.63, 3.8) is 0 Å². The van der Waals surface area contributed by atoms with Gasteiger partial charge in [-0.2, -0.15) is 0 Å². The molecule has 1 saturated heterocycles. The predicted octanol–water partition coefficient (Wildman–Crippen LogP) is 0.795. The molecule has 0 spiro atoms. The van der Waals surface area contributed by atoms with Crippen molar-refractivity contribution < 1.29 is 9.59 Å². The maximum Gasteiger partial charge on any atom is 0.230 e. The molecule has 6 nitrogen and oxygen atoms in total. The van der Waals surface area contributed by atoms with Gasteiger partial charge in [-0.15, -0.1) is 10.2 Å². The number of amides is 2. The van der Waals surface area contributed by atoms with Crippen LogP contribution in [0.5, 0.6) is 0 Å². The zero-order chi connectivity index (χ0) is 12.6. The Labute approximate surface area is 103 Å². The highest BCUT2D eigenvalue weighted by molar-refractivity contribution is 7.15. The van der Waals surface area contributed by atoms with Gasteiger partial charge in [0.15, 0.2) is 0 Å². The van der Waals surface area contributed by atoms with Crippen LogP contribution < -0.4 is 5.73 Å². The Morgan fingerprint density at radius 2 is 1.88 bits per heavy atom. The number of anilines is 1. The molecule has 0 radical (unpaired) electrons. The summed E-state index contributed by atoms with van der Waals surface area (Å²) in [6, 6.07) is 0. The third-order valence-electron chi connectivity index (χ3n) is 2.64. The smallest absolute Gasteiger partial charge is 0.230 e. The number of imide groups is 1. The van der Waals surface area contributed by atoms with Gasteiger partial charge in [-0.3, -0.25) is 14.5 Å². The van der Waals surface area contributed by atoms with Crippen molar-refractivity contribution in [2.24, 2.45) is 5.41 Å². The van der Waals surface area contributed by atoms with Crippen molar-refractivity contribution in [2.75, 3.05) is 5.73 Å². The van der Waals surface area contributed by atoms with Gasteiger partial charge in [0.05, 0.1) is 6.54 Å². The topological polar surface area (TPSA) is 89.2 Å². The van der Waals surface area contributed by atoms with Crippen LogP contribution in [0.2, 0.25) is 0 Å². The molecule has 2 N–H and O–H groups in total. The van der Waals surface area contributed by atoms with E-state index in [4.69, 9.17) is 5.73 Å². The summed E-state index contributed by atoms with van der Waals surface area (Å²) < 4.78 is 0. The number of carbonyl (C=O) groups excluding carboxylic acids is 2. The molecule has 1 aromatic heterocycles. The summed E-state index contributed by atoms with van der Waals surface area (Å²) in [4.78, 5) is 25.0. The fraction of sp³-hybridized carbons (Fsp3) is 0.600. The van der Waals surface area contributed by atoms with Crippen LogP contribution in [0.3, 0.4) is 0 Å². The number of aromatic nitrogens is 2. The molecular weight excluding hydrogens is 240 g/mol. The molecule has 17 heavy (non-hydrogen) atoms. The first kappa shape index (κ1) is 12.0. The minimum absolute atomic E-state index is 0.153. The molecule has 1 aliphatic heterocycles. The van der Waals surface area contributed by atoms with Gasteiger partial charge in [-0.05, 0) is 5.41 Å². The van der Waals surface area contributed by atoms with Gasteiger partial charge < -0.3 is 5.73 Å². The van der Waals surface area contributed by atoms with Gasteiger partial charge in [0.1, 0.15) is 5.01 Å². The minimum atomic E-state index is -0.245. The fourth-order valence-electron chi connectivity index (χ4n) is 1.85. The zero-order valence-electron chi connectivity index (χ0n) is 9.77. The number of hydrogen-bond acceptors (Lipinski definition) is 6. The Hall–Kier alpha value is -1.50. The van der Waals surface area contributed by atoms with Crippen molar-refractivity contribution in [2.45, 2.75) is 33.2 Å². The molecule has 92 valence electrons. The zero-order valence-corrected chi connectivity index (χ0v) is 10.6. The Kier molecular flexibility index (Phi) is 2.86. The van der Waals surface area contributed by atoms with Gasteiger partial charge in [-0.1, -0.05) is 25.2 Å². The summed E-state index contributed by atoms with van der Waals surface area (Å²) in [5.74, 6) is -0.306. The SMILES string of the molecule is CC1(C)CC(=O)N(Cc2nnc(N)s2)C(=O)C1. The highest BCUT2D eigenvalue weighted by atomic mass is 32.1. The molecule has 1 aliphatic rings. The van der Waals surface area contributed by atoms with Crippen LogP contribution in [0.15, 0.2) is 0 Å². The van der Waals surface area contributed by atoms with E-state index in [1.165, 1.54) is 16.2 Å². The number of carbonyl (C=O) groups is 2. The van der Waals surface area contributed by atoms with E-state index in [1.54, 1.807) is 0 Å². The lowest BCUT2D eigenvalue weighted by Gasteiger charge is -2.34. The molecule has 7 heteroatoms. The molecule has 0 unspecified atom stereocenters. The third kappa shape index (κ3) is 2.60. The molecule has 0 saturated carbocycles. The Bertz CT molecular complexity index is 449. The van der Waals surface area contributed by atoms with Crippen molar-refractivity contribution >= 4 is 28.3 Å². The van der Waals surface area contributed by atoms with E-state index < -0.39 is 0 Å². The molecule has 2 amide bonds. The molecule has 0 aliphatic carbocycles. The number of piperidine rings is 1. The van der Waals surface area contributed by atoms with Gasteiger partial charge in [0.2, 0.25) is 16.9 Å². The van der Waals surface area contributed by atoms with Crippen molar-refractivity contribution in [3.8, 4) is 0 Å². The van der Waals surface area contributed by atoms with E-state index in [0.29, 0.717) is 23.0 Å². The van der Waals surface area contributed by atoms with Gasteiger partial charge in [-0.25, -0.2) is 0 Å².